The molecule has 1 saturated carbocycles. The molecule has 2 aliphatic carbocycles. The molecule has 4 unspecified atom stereocenters. The van der Waals surface area contributed by atoms with Crippen molar-refractivity contribution >= 4 is 0 Å². The fraction of sp³-hybridized carbons (Fsp3) is 0.750. The lowest BCUT2D eigenvalue weighted by Crippen LogP contribution is -2.04. The van der Waals surface area contributed by atoms with Crippen LogP contribution in [0.3, 0.4) is 0 Å². The first-order chi connectivity index (χ1) is 11.5. The Kier molecular flexibility index (Phi) is 7.21. The summed E-state index contributed by atoms with van der Waals surface area (Å²) in [7, 11) is 0. The van der Waals surface area contributed by atoms with Crippen molar-refractivity contribution < 1.29 is 10.8 Å². The molecule has 0 spiro atoms. The van der Waals surface area contributed by atoms with Crippen LogP contribution in [0.15, 0.2) is 24.3 Å². The van der Waals surface area contributed by atoms with Crippen molar-refractivity contribution in [3.8, 4) is 6.07 Å². The third-order valence-corrected chi connectivity index (χ3v) is 4.40. The molecule has 0 aromatic heterocycles. The van der Waals surface area contributed by atoms with Crippen molar-refractivity contribution in [2.75, 3.05) is 0 Å². The third-order valence-electron chi connectivity index (χ3n) is 4.40. The summed E-state index contributed by atoms with van der Waals surface area (Å²) in [5.74, 6) is -0.903. The number of nitrogens with zero attached hydrogens (tertiary/aromatic N) is 1. The highest BCUT2D eigenvalue weighted by Crippen LogP contribution is 2.41. The van der Waals surface area contributed by atoms with Gasteiger partial charge in [-0.1, -0.05) is 24.3 Å². The summed E-state index contributed by atoms with van der Waals surface area (Å²) in [5, 5.41) is 7.97. The van der Waals surface area contributed by atoms with Crippen molar-refractivity contribution in [1.82, 2.24) is 0 Å². The first-order valence-electron chi connectivity index (χ1n) is 9.52. The minimum Gasteiger partial charge on any atom is -0.370 e. The topological polar surface area (TPSA) is 48.8 Å². The van der Waals surface area contributed by atoms with Crippen LogP contribution in [0.1, 0.15) is 66.6 Å². The number of ether oxygens (including phenoxy) is 2. The number of hydrogen-bond acceptors (Lipinski definition) is 3. The average Bonchev–Trinajstić information content (AvgIpc) is 3.37. The highest BCUT2D eigenvalue weighted by Gasteiger charge is 2.47. The molecule has 3 fully saturated rings. The van der Waals surface area contributed by atoms with Gasteiger partial charge >= 0.3 is 0 Å². The zero-order valence-electron chi connectivity index (χ0n) is 15.5. The molecule has 3 nitrogen and oxygen atoms in total. The van der Waals surface area contributed by atoms with Gasteiger partial charge in [0.2, 0.25) is 0 Å². The van der Waals surface area contributed by atoms with Gasteiger partial charge in [0.25, 0.3) is 0 Å². The van der Waals surface area contributed by atoms with Gasteiger partial charge in [-0.15, -0.1) is 0 Å². The predicted molar refractivity (Wildman–Crippen MR) is 93.0 cm³/mol. The van der Waals surface area contributed by atoms with Crippen LogP contribution >= 0.6 is 0 Å². The second-order valence-electron chi connectivity index (χ2n) is 6.79. The number of hydrogen-bond donors (Lipinski definition) is 0. The van der Waals surface area contributed by atoms with Gasteiger partial charge in [-0.05, 0) is 65.2 Å². The molecule has 4 aliphatic rings. The Morgan fingerprint density at radius 1 is 0.826 bits per heavy atom. The Bertz CT molecular complexity index is 415. The summed E-state index contributed by atoms with van der Waals surface area (Å²) in [5.41, 5.74) is 0. The van der Waals surface area contributed by atoms with Gasteiger partial charge in [0.1, 0.15) is 0 Å². The molecular formula is C20H31NO2. The van der Waals surface area contributed by atoms with Crippen LogP contribution in [-0.4, -0.2) is 24.4 Å². The SMILES string of the molecule is C1=CCC/C=C\CC1.C1CC2OC2CCC2OC12.[2H]C(C)(C)C#N. The van der Waals surface area contributed by atoms with E-state index in [1.54, 1.807) is 19.9 Å². The zero-order valence-corrected chi connectivity index (χ0v) is 14.5. The molecule has 0 aromatic rings. The fourth-order valence-electron chi connectivity index (χ4n) is 2.89. The minimum atomic E-state index is -0.903. The largest absolute Gasteiger partial charge is 0.370 e. The van der Waals surface area contributed by atoms with Crippen LogP contribution in [0.4, 0.5) is 0 Å². The summed E-state index contributed by atoms with van der Waals surface area (Å²) in [6, 6.07) is 1.77. The highest BCUT2D eigenvalue weighted by molar-refractivity contribution is 4.95. The number of fused-ring (bicyclic) bond motifs is 2. The van der Waals surface area contributed by atoms with Gasteiger partial charge in [-0.3, -0.25) is 0 Å². The molecule has 4 atom stereocenters. The Labute approximate surface area is 142 Å². The first-order valence-corrected chi connectivity index (χ1v) is 9.02. The molecule has 128 valence electrons. The monoisotopic (exact) mass is 318 g/mol. The normalized spacial score (nSPS) is 36.1. The lowest BCUT2D eigenvalue weighted by Gasteiger charge is -1.97. The second-order valence-corrected chi connectivity index (χ2v) is 6.79. The molecule has 0 aromatic carbocycles. The zero-order chi connectivity index (χ0) is 17.4. The van der Waals surface area contributed by atoms with Gasteiger partial charge in [-0.2, -0.15) is 5.26 Å². The second kappa shape index (κ2) is 9.90. The molecule has 3 heteroatoms. The van der Waals surface area contributed by atoms with E-state index < -0.39 is 5.89 Å². The smallest absolute Gasteiger partial charge is 0.0842 e. The van der Waals surface area contributed by atoms with Crippen molar-refractivity contribution in [3.05, 3.63) is 24.3 Å². The maximum atomic E-state index is 7.97. The van der Waals surface area contributed by atoms with Crippen LogP contribution < -0.4 is 0 Å². The average molecular weight is 318 g/mol. The number of nitriles is 1. The van der Waals surface area contributed by atoms with Gasteiger partial charge in [0.05, 0.1) is 30.5 Å². The van der Waals surface area contributed by atoms with E-state index in [-0.39, 0.29) is 0 Å². The predicted octanol–water partition coefficient (Wildman–Crippen LogP) is 4.93. The van der Waals surface area contributed by atoms with Crippen LogP contribution in [0.5, 0.6) is 0 Å². The summed E-state index contributed by atoms with van der Waals surface area (Å²) >= 11 is 0. The van der Waals surface area contributed by atoms with Gasteiger partial charge in [0.15, 0.2) is 0 Å². The van der Waals surface area contributed by atoms with Crippen molar-refractivity contribution in [2.45, 2.75) is 89.6 Å². The third kappa shape index (κ3) is 7.81. The lowest BCUT2D eigenvalue weighted by atomic mass is 10.0. The lowest BCUT2D eigenvalue weighted by molar-refractivity contribution is 0.311. The molecule has 2 aliphatic heterocycles. The molecular weight excluding hydrogens is 286 g/mol. The Hall–Kier alpha value is -1.11. The van der Waals surface area contributed by atoms with E-state index >= 15 is 0 Å². The Balaban J connectivity index is 0.000000136. The molecule has 0 radical (unpaired) electrons. The van der Waals surface area contributed by atoms with E-state index in [0.29, 0.717) is 24.4 Å². The molecule has 2 heterocycles. The van der Waals surface area contributed by atoms with Crippen LogP contribution in [0.2, 0.25) is 0 Å². The Morgan fingerprint density at radius 2 is 1.09 bits per heavy atom. The summed E-state index contributed by atoms with van der Waals surface area (Å²) in [4.78, 5) is 0. The summed E-state index contributed by atoms with van der Waals surface area (Å²) < 4.78 is 17.7. The fourth-order valence-corrected chi connectivity index (χ4v) is 2.89. The van der Waals surface area contributed by atoms with Gasteiger partial charge in [-0.25, -0.2) is 0 Å². The van der Waals surface area contributed by atoms with E-state index in [4.69, 9.17) is 16.1 Å². The van der Waals surface area contributed by atoms with E-state index in [1.807, 2.05) is 0 Å². The summed E-state index contributed by atoms with van der Waals surface area (Å²) in [6.45, 7) is 3.10. The number of allylic oxidation sites excluding steroid dienone is 4. The van der Waals surface area contributed by atoms with Crippen LogP contribution in [0.25, 0.3) is 0 Å². The van der Waals surface area contributed by atoms with Gasteiger partial charge in [0, 0.05) is 7.26 Å². The summed E-state index contributed by atoms with van der Waals surface area (Å²) in [6.07, 6.45) is 21.4. The molecule has 23 heavy (non-hydrogen) atoms. The number of rotatable bonds is 0. The molecule has 4 rings (SSSR count). The molecule has 0 amide bonds. The highest BCUT2D eigenvalue weighted by atomic mass is 16.6. The van der Waals surface area contributed by atoms with E-state index in [0.717, 1.165) is 0 Å². The number of epoxide rings is 2. The first kappa shape index (κ1) is 16.7. The minimum absolute atomic E-state index is 0.616. The molecule has 0 bridgehead atoms. The van der Waals surface area contributed by atoms with Crippen molar-refractivity contribution in [1.29, 1.82) is 5.26 Å². The van der Waals surface area contributed by atoms with E-state index in [1.165, 1.54) is 51.4 Å². The maximum absolute atomic E-state index is 7.97. The van der Waals surface area contributed by atoms with Crippen molar-refractivity contribution in [3.63, 3.8) is 0 Å². The molecule has 2 saturated heterocycles. The maximum Gasteiger partial charge on any atom is 0.0842 e. The van der Waals surface area contributed by atoms with Crippen LogP contribution in [0, 0.1) is 17.2 Å². The van der Waals surface area contributed by atoms with Crippen LogP contribution in [-0.2, 0) is 9.47 Å². The van der Waals surface area contributed by atoms with Crippen molar-refractivity contribution in [2.24, 2.45) is 5.89 Å². The van der Waals surface area contributed by atoms with Gasteiger partial charge < -0.3 is 9.47 Å². The quantitative estimate of drug-likeness (QED) is 0.470. The van der Waals surface area contributed by atoms with E-state index in [9.17, 15) is 0 Å². The molecule has 0 N–H and O–H groups in total. The van der Waals surface area contributed by atoms with E-state index in [2.05, 4.69) is 24.3 Å². The Morgan fingerprint density at radius 3 is 1.30 bits per heavy atom. The standard InChI is InChI=1S/C8H12O2.C8H12.C4H7N/c1-2-6-8(10-6)4-3-7-5(1)9-7;1-2-4-6-8-7-5-3-1;1-4(2)3-5/h5-8H,1-4H2;1-2,7-8H,3-6H2;4H,1-2H3/b;2-1-,8-7?;/i;;4D.